The van der Waals surface area contributed by atoms with Crippen LogP contribution in [0.4, 0.5) is 5.69 Å². The first kappa shape index (κ1) is 12.7. The number of amidine groups is 1. The van der Waals surface area contributed by atoms with Crippen molar-refractivity contribution in [1.82, 2.24) is 0 Å². The van der Waals surface area contributed by atoms with E-state index in [0.717, 1.165) is 29.9 Å². The maximum atomic E-state index is 8.87. The van der Waals surface area contributed by atoms with Gasteiger partial charge in [0.15, 0.2) is 5.84 Å². The number of nitrogens with zero attached hydrogens (tertiary/aromatic N) is 2. The van der Waals surface area contributed by atoms with Crippen LogP contribution >= 0.6 is 0 Å². The second-order valence-corrected chi connectivity index (χ2v) is 4.63. The van der Waals surface area contributed by atoms with Crippen LogP contribution in [0, 0.1) is 6.92 Å². The van der Waals surface area contributed by atoms with Crippen LogP contribution in [0.15, 0.2) is 23.4 Å². The molecule has 0 saturated carbocycles. The van der Waals surface area contributed by atoms with Crippen molar-refractivity contribution in [2.45, 2.75) is 20.0 Å². The number of hydrogen-bond acceptors (Lipinski definition) is 4. The number of rotatable bonds is 2. The van der Waals surface area contributed by atoms with Gasteiger partial charge in [0.05, 0.1) is 12.7 Å². The van der Waals surface area contributed by atoms with Gasteiger partial charge < -0.3 is 20.6 Å². The van der Waals surface area contributed by atoms with Crippen LogP contribution in [0.3, 0.4) is 0 Å². The molecule has 1 aromatic carbocycles. The third-order valence-corrected chi connectivity index (χ3v) is 3.12. The number of morpholine rings is 1. The SMILES string of the molecule is Cc1ccc(N2CCOC(C)C2)c(/C(N)=N/O)c1. The Balaban J connectivity index is 2.37. The van der Waals surface area contributed by atoms with E-state index in [2.05, 4.69) is 10.1 Å². The summed E-state index contributed by atoms with van der Waals surface area (Å²) in [5.41, 5.74) is 8.59. The molecule has 1 saturated heterocycles. The minimum Gasteiger partial charge on any atom is -0.409 e. The number of benzene rings is 1. The van der Waals surface area contributed by atoms with E-state index in [9.17, 15) is 0 Å². The van der Waals surface area contributed by atoms with Gasteiger partial charge in [0.1, 0.15) is 0 Å². The molecule has 1 unspecified atom stereocenters. The fourth-order valence-corrected chi connectivity index (χ4v) is 2.22. The fraction of sp³-hybridized carbons (Fsp3) is 0.462. The van der Waals surface area contributed by atoms with Crippen molar-refractivity contribution >= 4 is 11.5 Å². The molecule has 18 heavy (non-hydrogen) atoms. The molecule has 0 spiro atoms. The van der Waals surface area contributed by atoms with E-state index in [4.69, 9.17) is 15.7 Å². The van der Waals surface area contributed by atoms with E-state index in [1.807, 2.05) is 32.0 Å². The first-order chi connectivity index (χ1) is 8.61. The zero-order valence-corrected chi connectivity index (χ0v) is 10.8. The molecule has 5 heteroatoms. The van der Waals surface area contributed by atoms with E-state index in [1.54, 1.807) is 0 Å². The minimum absolute atomic E-state index is 0.146. The highest BCUT2D eigenvalue weighted by molar-refractivity contribution is 6.02. The van der Waals surface area contributed by atoms with Gasteiger partial charge in [-0.05, 0) is 26.0 Å². The normalized spacial score (nSPS) is 21.1. The molecule has 2 rings (SSSR count). The fourth-order valence-electron chi connectivity index (χ4n) is 2.22. The van der Waals surface area contributed by atoms with Crippen molar-refractivity contribution in [1.29, 1.82) is 0 Å². The number of hydrogen-bond donors (Lipinski definition) is 2. The Morgan fingerprint density at radius 3 is 3.00 bits per heavy atom. The van der Waals surface area contributed by atoms with Crippen molar-refractivity contribution in [3.05, 3.63) is 29.3 Å². The van der Waals surface area contributed by atoms with Gasteiger partial charge in [0.25, 0.3) is 0 Å². The monoisotopic (exact) mass is 249 g/mol. The third kappa shape index (κ3) is 2.56. The molecule has 3 N–H and O–H groups in total. The Bertz CT molecular complexity index is 460. The molecule has 1 fully saturated rings. The van der Waals surface area contributed by atoms with Crippen molar-refractivity contribution in [2.75, 3.05) is 24.6 Å². The predicted octanol–water partition coefficient (Wildman–Crippen LogP) is 1.31. The maximum absolute atomic E-state index is 8.87. The van der Waals surface area contributed by atoms with E-state index >= 15 is 0 Å². The first-order valence-electron chi connectivity index (χ1n) is 6.07. The lowest BCUT2D eigenvalue weighted by Gasteiger charge is -2.34. The molecule has 0 bridgehead atoms. The molecular weight excluding hydrogens is 230 g/mol. The number of aryl methyl sites for hydroxylation is 1. The lowest BCUT2D eigenvalue weighted by atomic mass is 10.1. The summed E-state index contributed by atoms with van der Waals surface area (Å²) < 4.78 is 5.53. The first-order valence-corrected chi connectivity index (χ1v) is 6.07. The molecule has 0 amide bonds. The third-order valence-electron chi connectivity index (χ3n) is 3.12. The average Bonchev–Trinajstić information content (AvgIpc) is 2.37. The van der Waals surface area contributed by atoms with Crippen molar-refractivity contribution in [3.63, 3.8) is 0 Å². The summed E-state index contributed by atoms with van der Waals surface area (Å²) in [4.78, 5) is 2.21. The summed E-state index contributed by atoms with van der Waals surface area (Å²) in [6.45, 7) is 6.36. The summed E-state index contributed by atoms with van der Waals surface area (Å²) >= 11 is 0. The number of anilines is 1. The largest absolute Gasteiger partial charge is 0.409 e. The summed E-state index contributed by atoms with van der Waals surface area (Å²) in [6, 6.07) is 5.98. The Morgan fingerprint density at radius 2 is 2.33 bits per heavy atom. The van der Waals surface area contributed by atoms with Crippen LogP contribution in [-0.2, 0) is 4.74 Å². The summed E-state index contributed by atoms with van der Waals surface area (Å²) in [6.07, 6.45) is 0.195. The molecule has 0 aromatic heterocycles. The zero-order chi connectivity index (χ0) is 13.1. The van der Waals surface area contributed by atoms with Crippen molar-refractivity contribution in [3.8, 4) is 0 Å². The van der Waals surface area contributed by atoms with E-state index in [1.165, 1.54) is 0 Å². The minimum atomic E-state index is 0.146. The molecular formula is C13H19N3O2. The van der Waals surface area contributed by atoms with Crippen LogP contribution in [0.2, 0.25) is 0 Å². The lowest BCUT2D eigenvalue weighted by molar-refractivity contribution is 0.0532. The van der Waals surface area contributed by atoms with Gasteiger partial charge in [0.2, 0.25) is 0 Å². The molecule has 5 nitrogen and oxygen atoms in total. The van der Waals surface area contributed by atoms with Crippen molar-refractivity contribution in [2.24, 2.45) is 10.9 Å². The standard InChI is InChI=1S/C13H19N3O2/c1-9-3-4-12(11(7-9)13(14)15-17)16-5-6-18-10(2)8-16/h3-4,7,10,17H,5-6,8H2,1-2H3,(H2,14,15). The quantitative estimate of drug-likeness (QED) is 0.359. The average molecular weight is 249 g/mol. The Hall–Kier alpha value is -1.75. The maximum Gasteiger partial charge on any atom is 0.172 e. The van der Waals surface area contributed by atoms with Gasteiger partial charge in [-0.3, -0.25) is 0 Å². The van der Waals surface area contributed by atoms with Gasteiger partial charge in [-0.2, -0.15) is 0 Å². The second kappa shape index (κ2) is 5.27. The van der Waals surface area contributed by atoms with Gasteiger partial charge in [-0.1, -0.05) is 16.8 Å². The summed E-state index contributed by atoms with van der Waals surface area (Å²) in [7, 11) is 0. The lowest BCUT2D eigenvalue weighted by Crippen LogP contribution is -2.42. The van der Waals surface area contributed by atoms with Crippen LogP contribution in [0.25, 0.3) is 0 Å². The summed E-state index contributed by atoms with van der Waals surface area (Å²) in [5.74, 6) is 0.146. The highest BCUT2D eigenvalue weighted by Gasteiger charge is 2.20. The van der Waals surface area contributed by atoms with Gasteiger partial charge in [-0.15, -0.1) is 0 Å². The molecule has 0 aliphatic carbocycles. The highest BCUT2D eigenvalue weighted by Crippen LogP contribution is 2.24. The van der Waals surface area contributed by atoms with E-state index in [-0.39, 0.29) is 11.9 Å². The van der Waals surface area contributed by atoms with Crippen molar-refractivity contribution < 1.29 is 9.94 Å². The molecule has 1 heterocycles. The van der Waals surface area contributed by atoms with Crippen LogP contribution in [0.1, 0.15) is 18.1 Å². The summed E-state index contributed by atoms with van der Waals surface area (Å²) in [5, 5.41) is 12.0. The Labute approximate surface area is 107 Å². The molecule has 1 aliphatic heterocycles. The Kier molecular flexibility index (Phi) is 3.72. The number of nitrogens with two attached hydrogens (primary N) is 1. The second-order valence-electron chi connectivity index (χ2n) is 4.63. The molecule has 1 aliphatic rings. The smallest absolute Gasteiger partial charge is 0.172 e. The Morgan fingerprint density at radius 1 is 1.56 bits per heavy atom. The topological polar surface area (TPSA) is 71.1 Å². The van der Waals surface area contributed by atoms with Gasteiger partial charge in [-0.25, -0.2) is 0 Å². The van der Waals surface area contributed by atoms with Crippen LogP contribution < -0.4 is 10.6 Å². The molecule has 1 atom stereocenters. The van der Waals surface area contributed by atoms with E-state index < -0.39 is 0 Å². The van der Waals surface area contributed by atoms with Crippen LogP contribution in [-0.4, -0.2) is 36.8 Å². The van der Waals surface area contributed by atoms with Crippen LogP contribution in [0.5, 0.6) is 0 Å². The molecule has 98 valence electrons. The molecule has 0 radical (unpaired) electrons. The predicted molar refractivity (Wildman–Crippen MR) is 71.3 cm³/mol. The number of ether oxygens (including phenoxy) is 1. The number of oxime groups is 1. The highest BCUT2D eigenvalue weighted by atomic mass is 16.5. The zero-order valence-electron chi connectivity index (χ0n) is 10.8. The van der Waals surface area contributed by atoms with Gasteiger partial charge in [0, 0.05) is 24.3 Å². The molecule has 1 aromatic rings. The van der Waals surface area contributed by atoms with Gasteiger partial charge >= 0.3 is 0 Å². The van der Waals surface area contributed by atoms with E-state index in [0.29, 0.717) is 6.61 Å².